The molecule has 0 aromatic carbocycles. The van der Waals surface area contributed by atoms with Crippen LogP contribution in [0.4, 0.5) is 0 Å². The lowest BCUT2D eigenvalue weighted by molar-refractivity contribution is 0.283. The fraction of sp³-hybridized carbons (Fsp3) is 0.875. The lowest BCUT2D eigenvalue weighted by atomic mass is 10.1. The third kappa shape index (κ3) is 13.8. The summed E-state index contributed by atoms with van der Waals surface area (Å²) in [6, 6.07) is 0. The molecule has 0 amide bonds. The number of aliphatic hydroxyl groups excluding tert-OH is 1. The van der Waals surface area contributed by atoms with Gasteiger partial charge in [0.25, 0.3) is 0 Å². The second-order valence-corrected chi connectivity index (χ2v) is 5.20. The standard InChI is InChI=1S/C10H19N.C6H15NO/c1-11-9-8-10-6-4-2-3-5-7-10;1-7-5-3-2-4-6-8/h6,11H,2-5,7-9H2,1H3;7-8H,2-6H2,1H3. The molecule has 0 saturated carbocycles. The van der Waals surface area contributed by atoms with Gasteiger partial charge in [-0.05, 0) is 78.6 Å². The van der Waals surface area contributed by atoms with Crippen LogP contribution in [0.1, 0.15) is 57.8 Å². The number of unbranched alkanes of at least 4 members (excludes halogenated alkanes) is 2. The summed E-state index contributed by atoms with van der Waals surface area (Å²) in [7, 11) is 3.97. The minimum atomic E-state index is 0.337. The quantitative estimate of drug-likeness (QED) is 0.469. The van der Waals surface area contributed by atoms with Crippen molar-refractivity contribution in [3.05, 3.63) is 11.6 Å². The first kappa shape index (κ1) is 18.6. The predicted octanol–water partition coefficient (Wildman–Crippen LogP) is 2.85. The van der Waals surface area contributed by atoms with E-state index < -0.39 is 0 Å². The van der Waals surface area contributed by atoms with Gasteiger partial charge in [-0.15, -0.1) is 0 Å². The second-order valence-electron chi connectivity index (χ2n) is 5.20. The Morgan fingerprint density at radius 3 is 2.47 bits per heavy atom. The molecule has 3 N–H and O–H groups in total. The van der Waals surface area contributed by atoms with E-state index in [1.54, 1.807) is 5.57 Å². The molecule has 0 saturated heterocycles. The van der Waals surface area contributed by atoms with Crippen LogP contribution in [-0.2, 0) is 0 Å². The summed E-state index contributed by atoms with van der Waals surface area (Å²) >= 11 is 0. The van der Waals surface area contributed by atoms with Gasteiger partial charge in [-0.1, -0.05) is 18.1 Å². The second kappa shape index (κ2) is 15.7. The summed E-state index contributed by atoms with van der Waals surface area (Å²) in [6.07, 6.45) is 13.9. The van der Waals surface area contributed by atoms with E-state index in [2.05, 4.69) is 16.7 Å². The summed E-state index contributed by atoms with van der Waals surface area (Å²) < 4.78 is 0. The molecule has 0 aromatic rings. The van der Waals surface area contributed by atoms with Gasteiger partial charge in [-0.3, -0.25) is 0 Å². The summed E-state index contributed by atoms with van der Waals surface area (Å²) in [5.74, 6) is 0. The lowest BCUT2D eigenvalue weighted by Crippen LogP contribution is -2.08. The van der Waals surface area contributed by atoms with E-state index in [9.17, 15) is 0 Å². The van der Waals surface area contributed by atoms with Crippen molar-refractivity contribution in [1.82, 2.24) is 10.6 Å². The Morgan fingerprint density at radius 2 is 1.79 bits per heavy atom. The molecule has 0 bridgehead atoms. The fourth-order valence-electron chi connectivity index (χ4n) is 2.18. The van der Waals surface area contributed by atoms with Crippen LogP contribution in [0, 0.1) is 0 Å². The SMILES string of the molecule is CNCCC1=CCCCCC1.CNCCCCCO. The Hall–Kier alpha value is -0.380. The van der Waals surface area contributed by atoms with Crippen LogP contribution in [0.25, 0.3) is 0 Å². The minimum Gasteiger partial charge on any atom is -0.396 e. The van der Waals surface area contributed by atoms with Crippen molar-refractivity contribution >= 4 is 0 Å². The Balaban J connectivity index is 0.000000362. The smallest absolute Gasteiger partial charge is 0.0431 e. The van der Waals surface area contributed by atoms with Crippen molar-refractivity contribution in [3.8, 4) is 0 Å². The molecule has 1 rings (SSSR count). The maximum Gasteiger partial charge on any atom is 0.0431 e. The zero-order valence-corrected chi connectivity index (χ0v) is 13.0. The molecule has 0 fully saturated rings. The highest BCUT2D eigenvalue weighted by atomic mass is 16.2. The molecule has 0 atom stereocenters. The Kier molecular flexibility index (Phi) is 15.4. The van der Waals surface area contributed by atoms with E-state index in [4.69, 9.17) is 5.11 Å². The largest absolute Gasteiger partial charge is 0.396 e. The number of aliphatic hydroxyl groups is 1. The third-order valence-corrected chi connectivity index (χ3v) is 3.42. The van der Waals surface area contributed by atoms with Crippen LogP contribution in [-0.4, -0.2) is 38.9 Å². The zero-order valence-electron chi connectivity index (χ0n) is 13.0. The first-order valence-electron chi connectivity index (χ1n) is 7.93. The van der Waals surface area contributed by atoms with Crippen LogP contribution >= 0.6 is 0 Å². The first-order chi connectivity index (χ1) is 9.35. The summed E-state index contributed by atoms with van der Waals surface area (Å²) in [4.78, 5) is 0. The van der Waals surface area contributed by atoms with Crippen molar-refractivity contribution in [2.24, 2.45) is 0 Å². The van der Waals surface area contributed by atoms with Gasteiger partial charge in [0.15, 0.2) is 0 Å². The molecule has 0 spiro atoms. The molecular formula is C16H34N2O. The molecule has 0 radical (unpaired) electrons. The van der Waals surface area contributed by atoms with E-state index in [0.29, 0.717) is 6.61 Å². The predicted molar refractivity (Wildman–Crippen MR) is 84.6 cm³/mol. The van der Waals surface area contributed by atoms with Crippen molar-refractivity contribution in [2.75, 3.05) is 33.8 Å². The highest BCUT2D eigenvalue weighted by molar-refractivity contribution is 5.03. The van der Waals surface area contributed by atoms with Crippen LogP contribution in [0.15, 0.2) is 11.6 Å². The van der Waals surface area contributed by atoms with Crippen molar-refractivity contribution in [3.63, 3.8) is 0 Å². The van der Waals surface area contributed by atoms with Crippen molar-refractivity contribution < 1.29 is 5.11 Å². The summed E-state index contributed by atoms with van der Waals surface area (Å²) in [6.45, 7) is 2.55. The molecule has 19 heavy (non-hydrogen) atoms. The molecule has 1 aliphatic rings. The van der Waals surface area contributed by atoms with Gasteiger partial charge in [-0.25, -0.2) is 0 Å². The van der Waals surface area contributed by atoms with Gasteiger partial charge >= 0.3 is 0 Å². The van der Waals surface area contributed by atoms with Crippen LogP contribution in [0.2, 0.25) is 0 Å². The molecular weight excluding hydrogens is 236 g/mol. The molecule has 114 valence electrons. The molecule has 0 aromatic heterocycles. The van der Waals surface area contributed by atoms with Crippen LogP contribution < -0.4 is 10.6 Å². The number of rotatable bonds is 8. The normalized spacial score (nSPS) is 15.2. The number of nitrogens with one attached hydrogen (secondary N) is 2. The van der Waals surface area contributed by atoms with E-state index in [0.717, 1.165) is 25.9 Å². The van der Waals surface area contributed by atoms with Crippen LogP contribution in [0.3, 0.4) is 0 Å². The maximum atomic E-state index is 8.35. The highest BCUT2D eigenvalue weighted by Gasteiger charge is 2.00. The molecule has 3 nitrogen and oxygen atoms in total. The van der Waals surface area contributed by atoms with Gasteiger partial charge in [0.2, 0.25) is 0 Å². The average Bonchev–Trinajstić information content (AvgIpc) is 2.71. The van der Waals surface area contributed by atoms with Gasteiger partial charge in [0, 0.05) is 6.61 Å². The minimum absolute atomic E-state index is 0.337. The molecule has 0 heterocycles. The fourth-order valence-corrected chi connectivity index (χ4v) is 2.18. The van der Waals surface area contributed by atoms with Gasteiger partial charge < -0.3 is 15.7 Å². The topological polar surface area (TPSA) is 44.3 Å². The average molecular weight is 270 g/mol. The number of hydrogen-bond acceptors (Lipinski definition) is 3. The molecule has 0 unspecified atom stereocenters. The molecule has 0 aliphatic heterocycles. The highest BCUT2D eigenvalue weighted by Crippen LogP contribution is 2.18. The van der Waals surface area contributed by atoms with E-state index in [1.807, 2.05) is 14.1 Å². The number of allylic oxidation sites excluding steroid dienone is 1. The van der Waals surface area contributed by atoms with E-state index in [1.165, 1.54) is 44.9 Å². The monoisotopic (exact) mass is 270 g/mol. The lowest BCUT2D eigenvalue weighted by Gasteiger charge is -2.03. The molecule has 3 heteroatoms. The summed E-state index contributed by atoms with van der Waals surface area (Å²) in [5.41, 5.74) is 1.68. The zero-order chi connectivity index (χ0) is 14.2. The van der Waals surface area contributed by atoms with Crippen LogP contribution in [0.5, 0.6) is 0 Å². The van der Waals surface area contributed by atoms with Gasteiger partial charge in [0.1, 0.15) is 0 Å². The number of hydrogen-bond donors (Lipinski definition) is 3. The Bertz CT molecular complexity index is 199. The van der Waals surface area contributed by atoms with Crippen molar-refractivity contribution in [1.29, 1.82) is 0 Å². The van der Waals surface area contributed by atoms with E-state index in [-0.39, 0.29) is 0 Å². The summed E-state index contributed by atoms with van der Waals surface area (Å²) in [5, 5.41) is 14.6. The van der Waals surface area contributed by atoms with Gasteiger partial charge in [0.05, 0.1) is 0 Å². The molecule has 1 aliphatic carbocycles. The maximum absolute atomic E-state index is 8.35. The van der Waals surface area contributed by atoms with Crippen molar-refractivity contribution in [2.45, 2.75) is 57.8 Å². The Labute approximate surface area is 119 Å². The Morgan fingerprint density at radius 1 is 1.00 bits per heavy atom. The third-order valence-electron chi connectivity index (χ3n) is 3.42. The van der Waals surface area contributed by atoms with Gasteiger partial charge in [-0.2, -0.15) is 0 Å². The first-order valence-corrected chi connectivity index (χ1v) is 7.93. The van der Waals surface area contributed by atoms with E-state index >= 15 is 0 Å².